The van der Waals surface area contributed by atoms with Crippen molar-refractivity contribution in [3.8, 4) is 17.0 Å². The third-order valence-electron chi connectivity index (χ3n) is 4.12. The fourth-order valence-electron chi connectivity index (χ4n) is 2.73. The van der Waals surface area contributed by atoms with Crippen molar-refractivity contribution < 1.29 is 5.11 Å². The Morgan fingerprint density at radius 2 is 1.73 bits per heavy atom. The first-order valence-corrected chi connectivity index (χ1v) is 8.40. The molecular formula is C17H20BrN3O. The van der Waals surface area contributed by atoms with Crippen molar-refractivity contribution in [2.24, 2.45) is 0 Å². The number of nitrogens with zero attached hydrogens (tertiary/aromatic N) is 3. The van der Waals surface area contributed by atoms with Gasteiger partial charge in [-0.1, -0.05) is 35.0 Å². The van der Waals surface area contributed by atoms with E-state index in [4.69, 9.17) is 0 Å². The van der Waals surface area contributed by atoms with Gasteiger partial charge in [-0.05, 0) is 30.8 Å². The standard InChI is InChI=1S/C17H20BrN3O/c1-2-20-9-11-21(12-10-20)16-8-7-15(22)17(19-16)13-3-5-14(18)6-4-13/h3-8,22H,2,9-12H2,1H3. The van der Waals surface area contributed by atoms with E-state index in [0.717, 1.165) is 48.6 Å². The summed E-state index contributed by atoms with van der Waals surface area (Å²) in [4.78, 5) is 9.41. The summed E-state index contributed by atoms with van der Waals surface area (Å²) in [6.07, 6.45) is 0. The summed E-state index contributed by atoms with van der Waals surface area (Å²) in [6.45, 7) is 7.37. The molecule has 0 amide bonds. The quantitative estimate of drug-likeness (QED) is 0.909. The second-order valence-electron chi connectivity index (χ2n) is 5.47. The SMILES string of the molecule is CCN1CCN(c2ccc(O)c(-c3ccc(Br)cc3)n2)CC1. The lowest BCUT2D eigenvalue weighted by Crippen LogP contribution is -2.46. The topological polar surface area (TPSA) is 39.6 Å². The zero-order chi connectivity index (χ0) is 15.5. The monoisotopic (exact) mass is 361 g/mol. The minimum Gasteiger partial charge on any atom is -0.506 e. The summed E-state index contributed by atoms with van der Waals surface area (Å²) in [5, 5.41) is 10.1. The first kappa shape index (κ1) is 15.3. The van der Waals surface area contributed by atoms with Gasteiger partial charge in [-0.25, -0.2) is 4.98 Å². The molecule has 116 valence electrons. The second-order valence-corrected chi connectivity index (χ2v) is 6.38. The van der Waals surface area contributed by atoms with Crippen molar-refractivity contribution in [1.82, 2.24) is 9.88 Å². The second kappa shape index (κ2) is 6.67. The number of benzene rings is 1. The van der Waals surface area contributed by atoms with Crippen LogP contribution in [0.25, 0.3) is 11.3 Å². The maximum Gasteiger partial charge on any atom is 0.142 e. The molecule has 2 heterocycles. The van der Waals surface area contributed by atoms with Crippen molar-refractivity contribution in [3.05, 3.63) is 40.9 Å². The number of hydrogen-bond acceptors (Lipinski definition) is 4. The number of anilines is 1. The van der Waals surface area contributed by atoms with Crippen LogP contribution < -0.4 is 4.90 Å². The molecule has 1 aliphatic heterocycles. The average Bonchev–Trinajstić information content (AvgIpc) is 2.56. The third kappa shape index (κ3) is 3.25. The summed E-state index contributed by atoms with van der Waals surface area (Å²) < 4.78 is 1.02. The molecule has 0 unspecified atom stereocenters. The van der Waals surface area contributed by atoms with Crippen LogP contribution in [0.3, 0.4) is 0 Å². The molecule has 0 atom stereocenters. The smallest absolute Gasteiger partial charge is 0.142 e. The molecule has 0 radical (unpaired) electrons. The van der Waals surface area contributed by atoms with E-state index in [1.165, 1.54) is 0 Å². The number of hydrogen-bond donors (Lipinski definition) is 1. The molecule has 1 aromatic carbocycles. The first-order valence-electron chi connectivity index (χ1n) is 7.60. The van der Waals surface area contributed by atoms with Gasteiger partial charge in [0.1, 0.15) is 17.3 Å². The maximum absolute atomic E-state index is 10.1. The predicted molar refractivity (Wildman–Crippen MR) is 93.4 cm³/mol. The number of aromatic hydroxyl groups is 1. The molecule has 0 bridgehead atoms. The molecular weight excluding hydrogens is 342 g/mol. The van der Waals surface area contributed by atoms with Gasteiger partial charge in [0.25, 0.3) is 0 Å². The van der Waals surface area contributed by atoms with E-state index in [-0.39, 0.29) is 5.75 Å². The molecule has 22 heavy (non-hydrogen) atoms. The van der Waals surface area contributed by atoms with Crippen LogP contribution in [0.4, 0.5) is 5.82 Å². The largest absolute Gasteiger partial charge is 0.506 e. The number of pyridine rings is 1. The predicted octanol–water partition coefficient (Wildman–Crippen LogP) is 3.36. The van der Waals surface area contributed by atoms with E-state index in [1.54, 1.807) is 6.07 Å². The van der Waals surface area contributed by atoms with Crippen molar-refractivity contribution in [1.29, 1.82) is 0 Å². The van der Waals surface area contributed by atoms with E-state index in [0.29, 0.717) is 5.69 Å². The highest BCUT2D eigenvalue weighted by Crippen LogP contribution is 2.30. The van der Waals surface area contributed by atoms with Gasteiger partial charge < -0.3 is 14.9 Å². The Labute approximate surface area is 139 Å². The Hall–Kier alpha value is -1.59. The van der Waals surface area contributed by atoms with Gasteiger partial charge in [-0.2, -0.15) is 0 Å². The van der Waals surface area contributed by atoms with Crippen LogP contribution in [0.1, 0.15) is 6.92 Å². The molecule has 4 nitrogen and oxygen atoms in total. The lowest BCUT2D eigenvalue weighted by Gasteiger charge is -2.34. The Morgan fingerprint density at radius 3 is 2.36 bits per heavy atom. The highest BCUT2D eigenvalue weighted by atomic mass is 79.9. The van der Waals surface area contributed by atoms with E-state index in [1.807, 2.05) is 30.3 Å². The molecule has 1 N–H and O–H groups in total. The first-order chi connectivity index (χ1) is 10.7. The number of aromatic nitrogens is 1. The van der Waals surface area contributed by atoms with Crippen LogP contribution in [0.2, 0.25) is 0 Å². The highest BCUT2D eigenvalue weighted by molar-refractivity contribution is 9.10. The molecule has 0 aliphatic carbocycles. The van der Waals surface area contributed by atoms with E-state index in [2.05, 4.69) is 37.6 Å². The third-order valence-corrected chi connectivity index (χ3v) is 4.65. The Kier molecular flexibility index (Phi) is 4.64. The van der Waals surface area contributed by atoms with Gasteiger partial charge in [0.2, 0.25) is 0 Å². The Bertz CT molecular complexity index is 637. The number of likely N-dealkylation sites (N-methyl/N-ethyl adjacent to an activating group) is 1. The van der Waals surface area contributed by atoms with Crippen LogP contribution in [-0.4, -0.2) is 47.7 Å². The fraction of sp³-hybridized carbons (Fsp3) is 0.353. The molecule has 1 saturated heterocycles. The van der Waals surface area contributed by atoms with Crippen LogP contribution in [0.15, 0.2) is 40.9 Å². The number of rotatable bonds is 3. The molecule has 1 aliphatic rings. The van der Waals surface area contributed by atoms with Crippen LogP contribution in [0.5, 0.6) is 5.75 Å². The minimum atomic E-state index is 0.221. The average molecular weight is 362 g/mol. The Balaban J connectivity index is 1.85. The molecule has 0 spiro atoms. The van der Waals surface area contributed by atoms with Crippen LogP contribution in [0, 0.1) is 0 Å². The summed E-state index contributed by atoms with van der Waals surface area (Å²) in [5.41, 5.74) is 1.57. The molecule has 1 fully saturated rings. The number of piperazine rings is 1. The minimum absolute atomic E-state index is 0.221. The zero-order valence-corrected chi connectivity index (χ0v) is 14.3. The molecule has 1 aromatic heterocycles. The summed E-state index contributed by atoms with van der Waals surface area (Å²) in [6, 6.07) is 11.5. The van der Waals surface area contributed by atoms with Crippen molar-refractivity contribution in [2.45, 2.75) is 6.92 Å². The van der Waals surface area contributed by atoms with Crippen molar-refractivity contribution >= 4 is 21.7 Å². The lowest BCUT2D eigenvalue weighted by molar-refractivity contribution is 0.270. The Morgan fingerprint density at radius 1 is 1.05 bits per heavy atom. The van der Waals surface area contributed by atoms with Crippen LogP contribution >= 0.6 is 15.9 Å². The molecule has 0 saturated carbocycles. The summed E-state index contributed by atoms with van der Waals surface area (Å²) >= 11 is 3.43. The van der Waals surface area contributed by atoms with Gasteiger partial charge in [-0.15, -0.1) is 0 Å². The number of halogens is 1. The van der Waals surface area contributed by atoms with Crippen LogP contribution in [-0.2, 0) is 0 Å². The van der Waals surface area contributed by atoms with Gasteiger partial charge in [-0.3, -0.25) is 0 Å². The van der Waals surface area contributed by atoms with Crippen molar-refractivity contribution in [3.63, 3.8) is 0 Å². The normalized spacial score (nSPS) is 16.0. The molecule has 5 heteroatoms. The summed E-state index contributed by atoms with van der Waals surface area (Å²) in [7, 11) is 0. The summed E-state index contributed by atoms with van der Waals surface area (Å²) in [5.74, 6) is 1.16. The molecule has 2 aromatic rings. The van der Waals surface area contributed by atoms with Crippen molar-refractivity contribution in [2.75, 3.05) is 37.6 Å². The van der Waals surface area contributed by atoms with Gasteiger partial charge in [0.05, 0.1) is 0 Å². The van der Waals surface area contributed by atoms with Gasteiger partial charge >= 0.3 is 0 Å². The lowest BCUT2D eigenvalue weighted by atomic mass is 10.1. The van der Waals surface area contributed by atoms with Gasteiger partial charge in [0.15, 0.2) is 0 Å². The zero-order valence-electron chi connectivity index (χ0n) is 12.7. The van der Waals surface area contributed by atoms with E-state index in [9.17, 15) is 5.11 Å². The van der Waals surface area contributed by atoms with E-state index >= 15 is 0 Å². The fourth-order valence-corrected chi connectivity index (χ4v) is 3.00. The van der Waals surface area contributed by atoms with Gasteiger partial charge in [0, 0.05) is 36.2 Å². The highest BCUT2D eigenvalue weighted by Gasteiger charge is 2.18. The maximum atomic E-state index is 10.1. The van der Waals surface area contributed by atoms with E-state index < -0.39 is 0 Å². The molecule has 3 rings (SSSR count).